The van der Waals surface area contributed by atoms with Crippen molar-refractivity contribution in [3.05, 3.63) is 24.1 Å². The van der Waals surface area contributed by atoms with Crippen molar-refractivity contribution in [3.8, 4) is 0 Å². The molecule has 0 unspecified atom stereocenters. The van der Waals surface area contributed by atoms with Crippen molar-refractivity contribution in [2.45, 2.75) is 32.6 Å². The predicted octanol–water partition coefficient (Wildman–Crippen LogP) is 2.33. The summed E-state index contributed by atoms with van der Waals surface area (Å²) in [6.45, 7) is 3.78. The topological polar surface area (TPSA) is 54.0 Å². The van der Waals surface area contributed by atoms with Gasteiger partial charge in [0.1, 0.15) is 5.82 Å². The molecule has 1 aromatic rings. The lowest BCUT2D eigenvalue weighted by atomic mass is 9.74. The summed E-state index contributed by atoms with van der Waals surface area (Å²) in [5.41, 5.74) is -0.339. The van der Waals surface area contributed by atoms with Gasteiger partial charge in [-0.15, -0.1) is 0 Å². The summed E-state index contributed by atoms with van der Waals surface area (Å²) in [4.78, 5) is 16.2. The van der Waals surface area contributed by atoms with E-state index < -0.39 is 5.95 Å². The second kappa shape index (κ2) is 6.10. The normalized spacial score (nSPS) is 18.0. The van der Waals surface area contributed by atoms with Crippen LogP contribution in [0.15, 0.2) is 18.2 Å². The average Bonchev–Trinajstić information content (AvgIpc) is 2.40. The lowest BCUT2D eigenvalue weighted by Crippen LogP contribution is -2.45. The van der Waals surface area contributed by atoms with Crippen LogP contribution < -0.4 is 10.6 Å². The number of carbonyl (C=O) groups is 1. The highest BCUT2D eigenvalue weighted by Crippen LogP contribution is 2.35. The Balaban J connectivity index is 2.11. The molecular formula is C14H20FN3O. The van der Waals surface area contributed by atoms with Crippen molar-refractivity contribution >= 4 is 11.7 Å². The molecule has 0 bridgehead atoms. The number of nitrogens with zero attached hydrogens (tertiary/aromatic N) is 1. The van der Waals surface area contributed by atoms with Crippen LogP contribution in [0.1, 0.15) is 32.6 Å². The highest BCUT2D eigenvalue weighted by Gasteiger charge is 2.38. The SMILES string of the molecule is CCCC1(C(=O)Nc2cccc(F)n2)CCNCC1. The molecule has 19 heavy (non-hydrogen) atoms. The number of carbonyl (C=O) groups excluding carboxylic acids is 1. The summed E-state index contributed by atoms with van der Waals surface area (Å²) in [6, 6.07) is 4.43. The van der Waals surface area contributed by atoms with Gasteiger partial charge in [0, 0.05) is 0 Å². The van der Waals surface area contributed by atoms with Gasteiger partial charge in [-0.3, -0.25) is 4.79 Å². The van der Waals surface area contributed by atoms with E-state index in [1.807, 2.05) is 0 Å². The first-order valence-electron chi connectivity index (χ1n) is 6.81. The molecule has 1 aliphatic rings. The van der Waals surface area contributed by atoms with Gasteiger partial charge in [-0.1, -0.05) is 19.4 Å². The van der Waals surface area contributed by atoms with Crippen molar-refractivity contribution in [3.63, 3.8) is 0 Å². The number of amides is 1. The molecule has 5 heteroatoms. The zero-order valence-corrected chi connectivity index (χ0v) is 11.2. The van der Waals surface area contributed by atoms with Crippen LogP contribution in [0.2, 0.25) is 0 Å². The van der Waals surface area contributed by atoms with Gasteiger partial charge in [-0.2, -0.15) is 4.39 Å². The Morgan fingerprint density at radius 3 is 2.84 bits per heavy atom. The quantitative estimate of drug-likeness (QED) is 0.822. The smallest absolute Gasteiger partial charge is 0.231 e. The van der Waals surface area contributed by atoms with E-state index in [0.29, 0.717) is 5.82 Å². The van der Waals surface area contributed by atoms with Gasteiger partial charge >= 0.3 is 0 Å². The minimum Gasteiger partial charge on any atom is -0.317 e. The molecule has 4 nitrogen and oxygen atoms in total. The van der Waals surface area contributed by atoms with E-state index in [-0.39, 0.29) is 11.3 Å². The summed E-state index contributed by atoms with van der Waals surface area (Å²) in [5, 5.41) is 6.03. The first kappa shape index (κ1) is 13.9. The van der Waals surface area contributed by atoms with Gasteiger partial charge in [-0.25, -0.2) is 4.98 Å². The third-order valence-electron chi connectivity index (χ3n) is 3.73. The molecule has 1 aliphatic heterocycles. The Hall–Kier alpha value is -1.49. The number of aromatic nitrogens is 1. The third kappa shape index (κ3) is 3.29. The van der Waals surface area contributed by atoms with Gasteiger partial charge in [0.05, 0.1) is 5.41 Å². The second-order valence-corrected chi connectivity index (χ2v) is 5.08. The Morgan fingerprint density at radius 2 is 2.21 bits per heavy atom. The first-order valence-corrected chi connectivity index (χ1v) is 6.81. The summed E-state index contributed by atoms with van der Waals surface area (Å²) in [6.07, 6.45) is 3.46. The molecule has 1 saturated heterocycles. The van der Waals surface area contributed by atoms with Crippen molar-refractivity contribution in [2.24, 2.45) is 5.41 Å². The van der Waals surface area contributed by atoms with E-state index in [2.05, 4.69) is 22.5 Å². The largest absolute Gasteiger partial charge is 0.317 e. The molecule has 0 aliphatic carbocycles. The third-order valence-corrected chi connectivity index (χ3v) is 3.73. The maximum Gasteiger partial charge on any atom is 0.231 e. The van der Waals surface area contributed by atoms with Crippen LogP contribution in [0.25, 0.3) is 0 Å². The maximum atomic E-state index is 13.0. The zero-order chi connectivity index (χ0) is 13.7. The van der Waals surface area contributed by atoms with Crippen molar-refractivity contribution in [1.82, 2.24) is 10.3 Å². The Kier molecular flexibility index (Phi) is 4.47. The first-order chi connectivity index (χ1) is 9.16. The van der Waals surface area contributed by atoms with Crippen molar-refractivity contribution in [2.75, 3.05) is 18.4 Å². The second-order valence-electron chi connectivity index (χ2n) is 5.08. The molecule has 1 aromatic heterocycles. The fourth-order valence-corrected chi connectivity index (χ4v) is 2.70. The maximum absolute atomic E-state index is 13.0. The van der Waals surface area contributed by atoms with E-state index in [9.17, 15) is 9.18 Å². The lowest BCUT2D eigenvalue weighted by Gasteiger charge is -2.36. The summed E-state index contributed by atoms with van der Waals surface area (Å²) in [7, 11) is 0. The van der Waals surface area contributed by atoms with Gasteiger partial charge in [-0.05, 0) is 44.5 Å². The standard InChI is InChI=1S/C14H20FN3O/c1-2-6-14(7-9-16-10-8-14)13(19)18-12-5-3-4-11(15)17-12/h3-5,16H,2,6-10H2,1H3,(H,17,18,19). The summed E-state index contributed by atoms with van der Waals surface area (Å²) in [5.74, 6) is -0.319. The molecular weight excluding hydrogens is 245 g/mol. The minimum absolute atomic E-state index is 0.0334. The van der Waals surface area contributed by atoms with Crippen molar-refractivity contribution in [1.29, 1.82) is 0 Å². The molecule has 2 N–H and O–H groups in total. The van der Waals surface area contributed by atoms with Gasteiger partial charge in [0.15, 0.2) is 0 Å². The molecule has 0 atom stereocenters. The number of rotatable bonds is 4. The van der Waals surface area contributed by atoms with Crippen LogP contribution in [-0.4, -0.2) is 24.0 Å². The van der Waals surface area contributed by atoms with Gasteiger partial charge < -0.3 is 10.6 Å². The number of nitrogens with one attached hydrogen (secondary N) is 2. The molecule has 2 heterocycles. The number of piperidine rings is 1. The lowest BCUT2D eigenvalue weighted by molar-refractivity contribution is -0.127. The van der Waals surface area contributed by atoms with E-state index in [0.717, 1.165) is 38.8 Å². The summed E-state index contributed by atoms with van der Waals surface area (Å²) < 4.78 is 13.0. The van der Waals surface area contributed by atoms with E-state index >= 15 is 0 Å². The van der Waals surface area contributed by atoms with E-state index in [1.165, 1.54) is 6.07 Å². The fourth-order valence-electron chi connectivity index (χ4n) is 2.70. The minimum atomic E-state index is -0.576. The van der Waals surface area contributed by atoms with E-state index in [1.54, 1.807) is 12.1 Å². The Bertz CT molecular complexity index is 439. The number of pyridine rings is 1. The van der Waals surface area contributed by atoms with Crippen LogP contribution in [0, 0.1) is 11.4 Å². The van der Waals surface area contributed by atoms with Crippen LogP contribution in [0.3, 0.4) is 0 Å². The Morgan fingerprint density at radius 1 is 1.47 bits per heavy atom. The molecule has 0 aromatic carbocycles. The molecule has 1 fully saturated rings. The predicted molar refractivity (Wildman–Crippen MR) is 72.3 cm³/mol. The van der Waals surface area contributed by atoms with Gasteiger partial charge in [0.25, 0.3) is 0 Å². The number of hydrogen-bond acceptors (Lipinski definition) is 3. The molecule has 1 amide bonds. The monoisotopic (exact) mass is 265 g/mol. The molecule has 0 saturated carbocycles. The number of anilines is 1. The van der Waals surface area contributed by atoms with Crippen molar-refractivity contribution < 1.29 is 9.18 Å². The molecule has 0 spiro atoms. The molecule has 2 rings (SSSR count). The highest BCUT2D eigenvalue weighted by atomic mass is 19.1. The summed E-state index contributed by atoms with van der Waals surface area (Å²) >= 11 is 0. The van der Waals surface area contributed by atoms with Crippen LogP contribution in [0.5, 0.6) is 0 Å². The number of hydrogen-bond donors (Lipinski definition) is 2. The zero-order valence-electron chi connectivity index (χ0n) is 11.2. The highest BCUT2D eigenvalue weighted by molar-refractivity contribution is 5.94. The number of halogens is 1. The Labute approximate surface area is 112 Å². The van der Waals surface area contributed by atoms with Crippen LogP contribution in [-0.2, 0) is 4.79 Å². The fraction of sp³-hybridized carbons (Fsp3) is 0.571. The average molecular weight is 265 g/mol. The van der Waals surface area contributed by atoms with Gasteiger partial charge in [0.2, 0.25) is 11.9 Å². The molecule has 0 radical (unpaired) electrons. The van der Waals surface area contributed by atoms with Crippen LogP contribution >= 0.6 is 0 Å². The molecule has 104 valence electrons. The van der Waals surface area contributed by atoms with Crippen LogP contribution in [0.4, 0.5) is 10.2 Å². The van der Waals surface area contributed by atoms with E-state index in [4.69, 9.17) is 0 Å².